The van der Waals surface area contributed by atoms with Gasteiger partial charge in [-0.2, -0.15) is 0 Å². The van der Waals surface area contributed by atoms with Crippen molar-refractivity contribution in [2.24, 2.45) is 0 Å². The van der Waals surface area contributed by atoms with Gasteiger partial charge in [0.2, 0.25) is 5.75 Å². The normalized spacial score (nSPS) is 15.8. The molecule has 156 valence electrons. The van der Waals surface area contributed by atoms with Crippen molar-refractivity contribution in [2.75, 3.05) is 38.2 Å². The Balaban J connectivity index is 1.77. The van der Waals surface area contributed by atoms with Gasteiger partial charge >= 0.3 is 0 Å². The Morgan fingerprint density at radius 1 is 1.00 bits per heavy atom. The maximum absolute atomic E-state index is 13.2. The van der Waals surface area contributed by atoms with Crippen LogP contribution in [0.1, 0.15) is 37.6 Å². The number of nitrogens with one attached hydrogen (secondary N) is 1. The summed E-state index contributed by atoms with van der Waals surface area (Å²) in [6.45, 7) is 8.56. The van der Waals surface area contributed by atoms with Crippen LogP contribution in [0.3, 0.4) is 0 Å². The number of benzene rings is 2. The van der Waals surface area contributed by atoms with E-state index in [-0.39, 0.29) is 11.9 Å². The van der Waals surface area contributed by atoms with Gasteiger partial charge in [-0.3, -0.25) is 4.79 Å². The topological polar surface area (TPSA) is 60.0 Å². The fraction of sp³-hybridized carbons (Fsp3) is 0.435. The molecule has 29 heavy (non-hydrogen) atoms. The number of rotatable bonds is 9. The van der Waals surface area contributed by atoms with E-state index in [0.29, 0.717) is 55.7 Å². The van der Waals surface area contributed by atoms with E-state index in [1.165, 1.54) is 0 Å². The molecule has 3 rings (SSSR count). The summed E-state index contributed by atoms with van der Waals surface area (Å²) in [6.07, 6.45) is 0.911. The minimum absolute atomic E-state index is 0.0210. The first-order chi connectivity index (χ1) is 14.2. The highest BCUT2D eigenvalue weighted by Gasteiger charge is 2.28. The second-order valence-electron chi connectivity index (χ2n) is 6.85. The lowest BCUT2D eigenvalue weighted by Gasteiger charge is -2.20. The quantitative estimate of drug-likeness (QED) is 0.686. The average Bonchev–Trinajstić information content (AvgIpc) is 3.19. The number of nitrogens with zero attached hydrogens (tertiary/aromatic N) is 1. The number of para-hydroxylation sites is 1. The summed E-state index contributed by atoms with van der Waals surface area (Å²) in [5, 5.41) is 3.50. The van der Waals surface area contributed by atoms with Crippen LogP contribution in [0.25, 0.3) is 0 Å². The van der Waals surface area contributed by atoms with Crippen LogP contribution in [0, 0.1) is 0 Å². The minimum atomic E-state index is -0.0210. The van der Waals surface area contributed by atoms with Crippen LogP contribution < -0.4 is 19.5 Å². The van der Waals surface area contributed by atoms with Crippen molar-refractivity contribution < 1.29 is 19.0 Å². The van der Waals surface area contributed by atoms with Crippen LogP contribution in [0.15, 0.2) is 42.5 Å². The van der Waals surface area contributed by atoms with Crippen molar-refractivity contribution >= 4 is 11.6 Å². The molecule has 1 fully saturated rings. The number of likely N-dealkylation sites (tertiary alicyclic amines) is 1. The van der Waals surface area contributed by atoms with Gasteiger partial charge in [0.1, 0.15) is 0 Å². The van der Waals surface area contributed by atoms with Gasteiger partial charge in [0.25, 0.3) is 5.91 Å². The van der Waals surface area contributed by atoms with E-state index < -0.39 is 0 Å². The molecule has 1 unspecified atom stereocenters. The van der Waals surface area contributed by atoms with Crippen molar-refractivity contribution in [3.8, 4) is 17.2 Å². The van der Waals surface area contributed by atoms with Gasteiger partial charge in [-0.1, -0.05) is 18.2 Å². The zero-order valence-electron chi connectivity index (χ0n) is 17.4. The summed E-state index contributed by atoms with van der Waals surface area (Å²) < 4.78 is 17.2. The van der Waals surface area contributed by atoms with Crippen molar-refractivity contribution in [3.05, 3.63) is 48.0 Å². The van der Waals surface area contributed by atoms with Crippen LogP contribution in [0.4, 0.5) is 5.69 Å². The highest BCUT2D eigenvalue weighted by atomic mass is 16.5. The first-order valence-electron chi connectivity index (χ1n) is 10.3. The molecule has 1 aliphatic heterocycles. The lowest BCUT2D eigenvalue weighted by Crippen LogP contribution is -2.31. The number of anilines is 1. The molecule has 1 amide bonds. The van der Waals surface area contributed by atoms with Gasteiger partial charge in [-0.25, -0.2) is 0 Å². The zero-order chi connectivity index (χ0) is 20.6. The molecule has 6 nitrogen and oxygen atoms in total. The van der Waals surface area contributed by atoms with Crippen LogP contribution in [-0.4, -0.2) is 49.8 Å². The van der Waals surface area contributed by atoms with E-state index in [4.69, 9.17) is 14.2 Å². The number of hydrogen-bond donors (Lipinski definition) is 1. The number of ether oxygens (including phenoxy) is 3. The number of carbonyl (C=O) groups excluding carboxylic acids is 1. The van der Waals surface area contributed by atoms with Crippen molar-refractivity contribution in [1.82, 2.24) is 4.90 Å². The Morgan fingerprint density at radius 2 is 1.62 bits per heavy atom. The van der Waals surface area contributed by atoms with E-state index in [1.54, 1.807) is 12.1 Å². The van der Waals surface area contributed by atoms with Gasteiger partial charge in [0, 0.05) is 30.4 Å². The number of hydrogen-bond acceptors (Lipinski definition) is 5. The smallest absolute Gasteiger partial charge is 0.254 e. The fourth-order valence-electron chi connectivity index (χ4n) is 3.53. The summed E-state index contributed by atoms with van der Waals surface area (Å²) >= 11 is 0. The molecule has 1 aliphatic rings. The molecular weight excluding hydrogens is 368 g/mol. The van der Waals surface area contributed by atoms with E-state index in [2.05, 4.69) is 5.32 Å². The summed E-state index contributed by atoms with van der Waals surface area (Å²) in [7, 11) is 0. The second-order valence-corrected chi connectivity index (χ2v) is 6.85. The first-order valence-corrected chi connectivity index (χ1v) is 10.3. The number of amides is 1. The zero-order valence-corrected chi connectivity index (χ0v) is 17.4. The Labute approximate surface area is 172 Å². The van der Waals surface area contributed by atoms with E-state index >= 15 is 0 Å². The fourth-order valence-corrected chi connectivity index (χ4v) is 3.53. The molecule has 1 N–H and O–H groups in total. The molecule has 6 heteroatoms. The SMILES string of the molecule is CCOc1cc(C(=O)N2CCC(Nc3ccccc3)C2)cc(OCC)c1OCC. The van der Waals surface area contributed by atoms with Gasteiger partial charge < -0.3 is 24.4 Å². The highest BCUT2D eigenvalue weighted by molar-refractivity contribution is 5.96. The third-order valence-electron chi connectivity index (χ3n) is 4.78. The molecule has 0 radical (unpaired) electrons. The molecule has 2 aromatic carbocycles. The minimum Gasteiger partial charge on any atom is -0.490 e. The van der Waals surface area contributed by atoms with Gasteiger partial charge in [-0.05, 0) is 51.5 Å². The van der Waals surface area contributed by atoms with Crippen LogP contribution in [-0.2, 0) is 0 Å². The summed E-state index contributed by atoms with van der Waals surface area (Å²) in [5.41, 5.74) is 1.63. The largest absolute Gasteiger partial charge is 0.490 e. The molecule has 0 spiro atoms. The molecule has 0 saturated carbocycles. The van der Waals surface area contributed by atoms with E-state index in [9.17, 15) is 4.79 Å². The summed E-state index contributed by atoms with van der Waals surface area (Å²) in [5.74, 6) is 1.62. The Kier molecular flexibility index (Phi) is 7.22. The predicted octanol–water partition coefficient (Wildman–Crippen LogP) is 4.21. The van der Waals surface area contributed by atoms with Gasteiger partial charge in [0.15, 0.2) is 11.5 Å². The molecule has 1 saturated heterocycles. The Morgan fingerprint density at radius 3 is 2.21 bits per heavy atom. The van der Waals surface area contributed by atoms with Crippen molar-refractivity contribution in [2.45, 2.75) is 33.2 Å². The first kappa shape index (κ1) is 20.8. The van der Waals surface area contributed by atoms with Crippen molar-refractivity contribution in [3.63, 3.8) is 0 Å². The third kappa shape index (κ3) is 5.13. The Bertz CT molecular complexity index is 783. The molecule has 0 aliphatic carbocycles. The summed E-state index contributed by atoms with van der Waals surface area (Å²) in [4.78, 5) is 15.1. The molecule has 1 atom stereocenters. The molecule has 0 aromatic heterocycles. The highest BCUT2D eigenvalue weighted by Crippen LogP contribution is 2.39. The lowest BCUT2D eigenvalue weighted by atomic mass is 10.1. The summed E-state index contributed by atoms with van der Waals surface area (Å²) in [6, 6.07) is 13.8. The molecule has 0 bridgehead atoms. The standard InChI is InChI=1S/C23H30N2O4/c1-4-27-20-14-17(15-21(28-5-2)22(20)29-6-3)23(26)25-13-12-19(16-25)24-18-10-8-7-9-11-18/h7-11,14-15,19,24H,4-6,12-13,16H2,1-3H3. The van der Waals surface area contributed by atoms with Gasteiger partial charge in [0.05, 0.1) is 19.8 Å². The maximum atomic E-state index is 13.2. The third-order valence-corrected chi connectivity index (χ3v) is 4.78. The number of carbonyl (C=O) groups is 1. The van der Waals surface area contributed by atoms with Crippen LogP contribution in [0.2, 0.25) is 0 Å². The predicted molar refractivity (Wildman–Crippen MR) is 114 cm³/mol. The van der Waals surface area contributed by atoms with Crippen molar-refractivity contribution in [1.29, 1.82) is 0 Å². The van der Waals surface area contributed by atoms with E-state index in [1.807, 2.05) is 56.0 Å². The molecular formula is C23H30N2O4. The average molecular weight is 399 g/mol. The lowest BCUT2D eigenvalue weighted by molar-refractivity contribution is 0.0790. The second kappa shape index (κ2) is 10.0. The van der Waals surface area contributed by atoms with Gasteiger partial charge in [-0.15, -0.1) is 0 Å². The molecule has 2 aromatic rings. The van der Waals surface area contributed by atoms with Crippen LogP contribution >= 0.6 is 0 Å². The molecule has 1 heterocycles. The van der Waals surface area contributed by atoms with E-state index in [0.717, 1.165) is 12.1 Å². The maximum Gasteiger partial charge on any atom is 0.254 e. The Hall–Kier alpha value is -2.89. The van der Waals surface area contributed by atoms with Crippen LogP contribution in [0.5, 0.6) is 17.2 Å². The monoisotopic (exact) mass is 398 g/mol.